The van der Waals surface area contributed by atoms with Crippen LogP contribution in [0.2, 0.25) is 0 Å². The van der Waals surface area contributed by atoms with Gasteiger partial charge in [0.2, 0.25) is 0 Å². The third kappa shape index (κ3) is 2.35. The number of rotatable bonds is 3. The quantitative estimate of drug-likeness (QED) is 0.600. The minimum atomic E-state index is -1.28. The van der Waals surface area contributed by atoms with Gasteiger partial charge in [-0.25, -0.2) is 14.5 Å². The van der Waals surface area contributed by atoms with Crippen molar-refractivity contribution in [3.63, 3.8) is 0 Å². The highest BCUT2D eigenvalue weighted by molar-refractivity contribution is 6.15. The minimum absolute atomic E-state index is 0.0125. The Hall–Kier alpha value is -3.36. The molecule has 0 spiro atoms. The number of carboxylic acid groups (broad SMARTS) is 1. The Morgan fingerprint density at radius 3 is 2.50 bits per heavy atom. The lowest BCUT2D eigenvalue weighted by Gasteiger charge is -2.06. The molecule has 0 aliphatic carbocycles. The summed E-state index contributed by atoms with van der Waals surface area (Å²) in [5, 5.41) is 11.1. The van der Waals surface area contributed by atoms with Crippen LogP contribution in [0, 0.1) is 0 Å². The zero-order valence-electron chi connectivity index (χ0n) is 12.9. The number of aryl methyl sites for hydroxylation is 2. The van der Waals surface area contributed by atoms with Gasteiger partial charge in [-0.2, -0.15) is 0 Å². The number of nitrogens with zero attached hydrogens (tertiary/aromatic N) is 3. The molecule has 124 valence electrons. The highest BCUT2D eigenvalue weighted by atomic mass is 16.4. The van der Waals surface area contributed by atoms with Gasteiger partial charge in [0.25, 0.3) is 5.91 Å². The van der Waals surface area contributed by atoms with E-state index in [0.717, 1.165) is 5.52 Å². The summed E-state index contributed by atoms with van der Waals surface area (Å²) in [5.41, 5.74) is 1.83. The number of hydrogen-bond acceptors (Lipinski definition) is 4. The number of nitrogens with one attached hydrogen (secondary N) is 1. The van der Waals surface area contributed by atoms with Gasteiger partial charge < -0.3 is 10.4 Å². The first-order valence-electron chi connectivity index (χ1n) is 7.01. The van der Waals surface area contributed by atoms with Crippen LogP contribution in [-0.4, -0.2) is 43.6 Å². The smallest absolute Gasteiger partial charge is 0.329 e. The van der Waals surface area contributed by atoms with E-state index in [2.05, 4.69) is 5.32 Å². The van der Waals surface area contributed by atoms with Gasteiger partial charge in [-0.05, 0) is 23.8 Å². The van der Waals surface area contributed by atoms with Crippen molar-refractivity contribution in [3.05, 3.63) is 39.9 Å². The van der Waals surface area contributed by atoms with Crippen LogP contribution in [0.25, 0.3) is 17.1 Å². The first-order chi connectivity index (χ1) is 11.3. The molecule has 0 unspecified atom stereocenters. The molecule has 1 aliphatic heterocycles. The molecule has 2 heterocycles. The molecular formula is C15H14N4O5. The lowest BCUT2D eigenvalue weighted by molar-refractivity contribution is -0.140. The molecule has 2 aromatic rings. The normalized spacial score (nSPS) is 16.2. The van der Waals surface area contributed by atoms with Crippen molar-refractivity contribution in [2.24, 2.45) is 14.1 Å². The summed E-state index contributed by atoms with van der Waals surface area (Å²) in [6.45, 7) is -0.700. The number of aromatic nitrogens is 2. The second-order valence-electron chi connectivity index (χ2n) is 5.42. The van der Waals surface area contributed by atoms with Crippen molar-refractivity contribution in [2.45, 2.75) is 0 Å². The van der Waals surface area contributed by atoms with Gasteiger partial charge in [0, 0.05) is 14.1 Å². The van der Waals surface area contributed by atoms with E-state index in [0.29, 0.717) is 16.0 Å². The van der Waals surface area contributed by atoms with Gasteiger partial charge in [0.15, 0.2) is 0 Å². The van der Waals surface area contributed by atoms with E-state index in [1.807, 2.05) is 0 Å². The van der Waals surface area contributed by atoms with Crippen molar-refractivity contribution in [1.82, 2.24) is 19.4 Å². The van der Waals surface area contributed by atoms with Crippen LogP contribution in [0.1, 0.15) is 5.56 Å². The molecule has 1 saturated heterocycles. The van der Waals surface area contributed by atoms with Gasteiger partial charge in [0.1, 0.15) is 12.2 Å². The Balaban J connectivity index is 2.00. The molecule has 2 N–H and O–H groups in total. The summed E-state index contributed by atoms with van der Waals surface area (Å²) >= 11 is 0. The van der Waals surface area contributed by atoms with E-state index in [1.165, 1.54) is 15.2 Å². The number of amides is 3. The maximum atomic E-state index is 12.1. The van der Waals surface area contributed by atoms with Crippen molar-refractivity contribution in [1.29, 1.82) is 0 Å². The number of fused-ring (bicyclic) bond motifs is 1. The molecule has 3 rings (SSSR count). The van der Waals surface area contributed by atoms with Crippen LogP contribution in [0.3, 0.4) is 0 Å². The predicted molar refractivity (Wildman–Crippen MR) is 84.0 cm³/mol. The summed E-state index contributed by atoms with van der Waals surface area (Å²) in [6.07, 6.45) is 1.44. The average Bonchev–Trinajstić information content (AvgIpc) is 2.90. The third-order valence-corrected chi connectivity index (χ3v) is 3.86. The number of hydrogen-bond donors (Lipinski definition) is 2. The molecule has 9 heteroatoms. The van der Waals surface area contributed by atoms with Gasteiger partial charge in [-0.15, -0.1) is 0 Å². The van der Waals surface area contributed by atoms with Gasteiger partial charge in [0.05, 0.1) is 11.0 Å². The second kappa shape index (κ2) is 5.37. The SMILES string of the molecule is Cn1c(=O)n(C)c2cc(/C=C3/NC(=O)N(CC(=O)O)C3=O)ccc21. The number of urea groups is 1. The fraction of sp³-hybridized carbons (Fsp3) is 0.200. The van der Waals surface area contributed by atoms with E-state index in [1.54, 1.807) is 32.3 Å². The lowest BCUT2D eigenvalue weighted by Crippen LogP contribution is -2.35. The molecule has 24 heavy (non-hydrogen) atoms. The number of benzene rings is 1. The molecule has 0 radical (unpaired) electrons. The van der Waals surface area contributed by atoms with Crippen LogP contribution in [-0.2, 0) is 23.7 Å². The molecule has 0 atom stereocenters. The lowest BCUT2D eigenvalue weighted by atomic mass is 10.1. The molecule has 9 nitrogen and oxygen atoms in total. The first kappa shape index (κ1) is 15.5. The standard InChI is InChI=1S/C15H14N4O5/c1-17-10-4-3-8(6-11(10)18(2)15(17)24)5-9-13(22)19(7-12(20)21)14(23)16-9/h3-6H,7H2,1-2H3,(H,16,23)(H,20,21)/b9-5+. The molecule has 1 aliphatic rings. The van der Waals surface area contributed by atoms with Crippen molar-refractivity contribution in [2.75, 3.05) is 6.54 Å². The molecule has 0 saturated carbocycles. The van der Waals surface area contributed by atoms with Gasteiger partial charge >= 0.3 is 17.7 Å². The van der Waals surface area contributed by atoms with Crippen LogP contribution < -0.4 is 11.0 Å². The van der Waals surface area contributed by atoms with E-state index >= 15 is 0 Å². The number of carboxylic acids is 1. The maximum absolute atomic E-state index is 12.1. The predicted octanol–water partition coefficient (Wildman–Crippen LogP) is -0.146. The van der Waals surface area contributed by atoms with E-state index in [-0.39, 0.29) is 11.4 Å². The second-order valence-corrected chi connectivity index (χ2v) is 5.42. The van der Waals surface area contributed by atoms with Crippen molar-refractivity contribution >= 4 is 35.0 Å². The molecule has 1 aromatic heterocycles. The Bertz CT molecular complexity index is 982. The summed E-state index contributed by atoms with van der Waals surface area (Å²) < 4.78 is 2.98. The third-order valence-electron chi connectivity index (χ3n) is 3.86. The average molecular weight is 330 g/mol. The Morgan fingerprint density at radius 2 is 1.83 bits per heavy atom. The Labute approximate surface area is 135 Å². The molecule has 3 amide bonds. The zero-order chi connectivity index (χ0) is 17.6. The molecule has 1 fully saturated rings. The van der Waals surface area contributed by atoms with Gasteiger partial charge in [-0.1, -0.05) is 6.07 Å². The number of carbonyl (C=O) groups is 3. The minimum Gasteiger partial charge on any atom is -0.480 e. The molecule has 0 bridgehead atoms. The fourth-order valence-electron chi connectivity index (χ4n) is 2.63. The summed E-state index contributed by atoms with van der Waals surface area (Å²) in [7, 11) is 3.30. The fourth-order valence-corrected chi connectivity index (χ4v) is 2.63. The summed E-state index contributed by atoms with van der Waals surface area (Å²) in [4.78, 5) is 47.0. The highest BCUT2D eigenvalue weighted by Gasteiger charge is 2.34. The van der Waals surface area contributed by atoms with Crippen molar-refractivity contribution in [3.8, 4) is 0 Å². The van der Waals surface area contributed by atoms with E-state index < -0.39 is 24.5 Å². The van der Waals surface area contributed by atoms with Crippen LogP contribution in [0.5, 0.6) is 0 Å². The van der Waals surface area contributed by atoms with E-state index in [4.69, 9.17) is 5.11 Å². The highest BCUT2D eigenvalue weighted by Crippen LogP contribution is 2.18. The molecule has 1 aromatic carbocycles. The Kier molecular flexibility index (Phi) is 3.48. The summed E-state index contributed by atoms with van der Waals surface area (Å²) in [5.74, 6) is -1.98. The monoisotopic (exact) mass is 330 g/mol. The number of imide groups is 1. The van der Waals surface area contributed by atoms with Gasteiger partial charge in [-0.3, -0.25) is 18.7 Å². The largest absolute Gasteiger partial charge is 0.480 e. The summed E-state index contributed by atoms with van der Waals surface area (Å²) in [6, 6.07) is 4.37. The topological polar surface area (TPSA) is 114 Å². The number of imidazole rings is 1. The molecular weight excluding hydrogens is 316 g/mol. The van der Waals surface area contributed by atoms with Crippen LogP contribution in [0.4, 0.5) is 4.79 Å². The van der Waals surface area contributed by atoms with Crippen molar-refractivity contribution < 1.29 is 19.5 Å². The Morgan fingerprint density at radius 1 is 1.17 bits per heavy atom. The van der Waals surface area contributed by atoms with Crippen LogP contribution in [0.15, 0.2) is 28.7 Å². The van der Waals surface area contributed by atoms with E-state index in [9.17, 15) is 19.2 Å². The number of carbonyl (C=O) groups excluding carboxylic acids is 2. The van der Waals surface area contributed by atoms with Crippen LogP contribution >= 0.6 is 0 Å². The zero-order valence-corrected chi connectivity index (χ0v) is 12.9. The maximum Gasteiger partial charge on any atom is 0.329 e. The number of aliphatic carboxylic acids is 1. The first-order valence-corrected chi connectivity index (χ1v) is 7.01.